The molecule has 0 radical (unpaired) electrons. The van der Waals surface area contributed by atoms with E-state index in [1.54, 1.807) is 11.3 Å². The molecule has 0 aliphatic heterocycles. The molecule has 1 aliphatic carbocycles. The molecule has 28 heavy (non-hydrogen) atoms. The molecule has 0 saturated heterocycles. The third-order valence-corrected chi connectivity index (χ3v) is 6.46. The third-order valence-electron chi connectivity index (χ3n) is 5.09. The number of benzene rings is 1. The minimum Gasteiger partial charge on any atom is -0.323 e. The molecule has 4 nitrogen and oxygen atoms in total. The SMILES string of the molecule is CC1CCc2c(sc(NC(=S)NC(=O)c3ccc(C(C)(C)C)cc3)c2C#N)C1. The molecule has 1 aliphatic rings. The highest BCUT2D eigenvalue weighted by molar-refractivity contribution is 7.80. The van der Waals surface area contributed by atoms with E-state index < -0.39 is 0 Å². The second kappa shape index (κ2) is 8.02. The van der Waals surface area contributed by atoms with Gasteiger partial charge in [-0.1, -0.05) is 39.8 Å². The largest absolute Gasteiger partial charge is 0.323 e. The van der Waals surface area contributed by atoms with E-state index in [2.05, 4.69) is 44.4 Å². The van der Waals surface area contributed by atoms with Crippen molar-refractivity contribution in [3.05, 3.63) is 51.4 Å². The number of nitrogens with one attached hydrogen (secondary N) is 2. The van der Waals surface area contributed by atoms with Crippen LogP contribution in [0.15, 0.2) is 24.3 Å². The Bertz CT molecular complexity index is 946. The van der Waals surface area contributed by atoms with Gasteiger partial charge in [0.15, 0.2) is 5.11 Å². The first kappa shape index (κ1) is 20.5. The monoisotopic (exact) mass is 411 g/mol. The fourth-order valence-corrected chi connectivity index (χ4v) is 5.01. The number of nitriles is 1. The highest BCUT2D eigenvalue weighted by Gasteiger charge is 2.24. The van der Waals surface area contributed by atoms with Crippen molar-refractivity contribution in [2.24, 2.45) is 5.92 Å². The van der Waals surface area contributed by atoms with Crippen LogP contribution in [0.3, 0.4) is 0 Å². The molecule has 3 rings (SSSR count). The zero-order valence-corrected chi connectivity index (χ0v) is 18.3. The van der Waals surface area contributed by atoms with Crippen LogP contribution in [0.2, 0.25) is 0 Å². The number of amides is 1. The summed E-state index contributed by atoms with van der Waals surface area (Å²) in [6.45, 7) is 8.64. The number of hydrogen-bond donors (Lipinski definition) is 2. The maximum absolute atomic E-state index is 12.5. The average Bonchev–Trinajstić information content (AvgIpc) is 2.96. The van der Waals surface area contributed by atoms with E-state index in [4.69, 9.17) is 12.2 Å². The Hall–Kier alpha value is -2.23. The summed E-state index contributed by atoms with van der Waals surface area (Å²) in [7, 11) is 0. The van der Waals surface area contributed by atoms with Gasteiger partial charge in [0, 0.05) is 10.4 Å². The molecule has 1 amide bonds. The lowest BCUT2D eigenvalue weighted by atomic mass is 9.87. The van der Waals surface area contributed by atoms with E-state index in [9.17, 15) is 10.1 Å². The van der Waals surface area contributed by atoms with E-state index in [1.165, 1.54) is 10.4 Å². The molecular formula is C22H25N3OS2. The van der Waals surface area contributed by atoms with Gasteiger partial charge in [-0.2, -0.15) is 5.26 Å². The predicted molar refractivity (Wildman–Crippen MR) is 119 cm³/mol. The van der Waals surface area contributed by atoms with Gasteiger partial charge < -0.3 is 5.32 Å². The molecule has 0 spiro atoms. The molecule has 1 aromatic heterocycles. The van der Waals surface area contributed by atoms with E-state index in [0.29, 0.717) is 17.0 Å². The van der Waals surface area contributed by atoms with Crippen LogP contribution in [0.1, 0.15) is 66.0 Å². The van der Waals surface area contributed by atoms with E-state index >= 15 is 0 Å². The van der Waals surface area contributed by atoms with Gasteiger partial charge in [-0.3, -0.25) is 10.1 Å². The molecule has 146 valence electrons. The van der Waals surface area contributed by atoms with E-state index in [0.717, 1.165) is 29.8 Å². The molecule has 0 bridgehead atoms. The van der Waals surface area contributed by atoms with Crippen molar-refractivity contribution in [1.82, 2.24) is 5.32 Å². The van der Waals surface area contributed by atoms with Gasteiger partial charge in [-0.05, 0) is 66.1 Å². The van der Waals surface area contributed by atoms with Crippen molar-refractivity contribution in [1.29, 1.82) is 5.26 Å². The fraction of sp³-hybridized carbons (Fsp3) is 0.409. The number of nitrogens with zero attached hydrogens (tertiary/aromatic N) is 1. The predicted octanol–water partition coefficient (Wildman–Crippen LogP) is 5.17. The van der Waals surface area contributed by atoms with Crippen molar-refractivity contribution in [2.75, 3.05) is 5.32 Å². The zero-order chi connectivity index (χ0) is 20.5. The summed E-state index contributed by atoms with van der Waals surface area (Å²) in [4.78, 5) is 13.8. The Morgan fingerprint density at radius 2 is 1.96 bits per heavy atom. The standard InChI is InChI=1S/C22H25N3OS2/c1-13-5-10-16-17(12-23)20(28-18(16)11-13)25-21(27)24-19(26)14-6-8-15(9-7-14)22(2,3)4/h6-9,13H,5,10-11H2,1-4H3,(H2,24,25,26,27). The maximum Gasteiger partial charge on any atom is 0.257 e. The van der Waals surface area contributed by atoms with Gasteiger partial charge >= 0.3 is 0 Å². The Balaban J connectivity index is 1.69. The quantitative estimate of drug-likeness (QED) is 0.669. The fourth-order valence-electron chi connectivity index (χ4n) is 3.39. The highest BCUT2D eigenvalue weighted by atomic mass is 32.1. The number of thiocarbonyl (C=S) groups is 1. The van der Waals surface area contributed by atoms with Crippen molar-refractivity contribution >= 4 is 39.6 Å². The number of carbonyl (C=O) groups is 1. The van der Waals surface area contributed by atoms with Crippen molar-refractivity contribution in [3.8, 4) is 6.07 Å². The lowest BCUT2D eigenvalue weighted by Crippen LogP contribution is -2.34. The summed E-state index contributed by atoms with van der Waals surface area (Å²) >= 11 is 6.90. The molecule has 6 heteroatoms. The van der Waals surface area contributed by atoms with Gasteiger partial charge in [0.1, 0.15) is 11.1 Å². The van der Waals surface area contributed by atoms with Gasteiger partial charge in [0.2, 0.25) is 0 Å². The summed E-state index contributed by atoms with van der Waals surface area (Å²) in [5.74, 6) is 0.375. The third kappa shape index (κ3) is 4.43. The van der Waals surface area contributed by atoms with Gasteiger partial charge in [0.25, 0.3) is 5.91 Å². The summed E-state index contributed by atoms with van der Waals surface area (Å²) in [6.07, 6.45) is 3.02. The minimum atomic E-state index is -0.258. The molecule has 1 aromatic carbocycles. The lowest BCUT2D eigenvalue weighted by molar-refractivity contribution is 0.0977. The van der Waals surface area contributed by atoms with Crippen LogP contribution in [-0.4, -0.2) is 11.0 Å². The van der Waals surface area contributed by atoms with Crippen LogP contribution in [0.5, 0.6) is 0 Å². The molecule has 1 unspecified atom stereocenters. The first-order valence-electron chi connectivity index (χ1n) is 9.46. The van der Waals surface area contributed by atoms with Crippen LogP contribution < -0.4 is 10.6 Å². The van der Waals surface area contributed by atoms with Crippen LogP contribution in [0.4, 0.5) is 5.00 Å². The topological polar surface area (TPSA) is 64.9 Å². The summed E-state index contributed by atoms with van der Waals surface area (Å²) in [5.41, 5.74) is 3.56. The Morgan fingerprint density at radius 3 is 2.57 bits per heavy atom. The number of rotatable bonds is 2. The maximum atomic E-state index is 12.5. The van der Waals surface area contributed by atoms with Gasteiger partial charge in [-0.25, -0.2) is 0 Å². The molecule has 2 N–H and O–H groups in total. The number of carbonyl (C=O) groups excluding carboxylic acids is 1. The Morgan fingerprint density at radius 1 is 1.29 bits per heavy atom. The zero-order valence-electron chi connectivity index (χ0n) is 16.7. The van der Waals surface area contributed by atoms with Crippen molar-refractivity contribution in [3.63, 3.8) is 0 Å². The van der Waals surface area contributed by atoms with Crippen LogP contribution in [0, 0.1) is 17.2 Å². The molecule has 1 atom stereocenters. The van der Waals surface area contributed by atoms with Crippen molar-refractivity contribution in [2.45, 2.75) is 52.4 Å². The smallest absolute Gasteiger partial charge is 0.257 e. The van der Waals surface area contributed by atoms with Gasteiger partial charge in [0.05, 0.1) is 5.56 Å². The summed E-state index contributed by atoms with van der Waals surface area (Å²) < 4.78 is 0. The number of anilines is 1. The Labute approximate surface area is 176 Å². The summed E-state index contributed by atoms with van der Waals surface area (Å²) in [6, 6.07) is 9.86. The average molecular weight is 412 g/mol. The van der Waals surface area contributed by atoms with Crippen molar-refractivity contribution < 1.29 is 4.79 Å². The number of hydrogen-bond acceptors (Lipinski definition) is 4. The summed E-state index contributed by atoms with van der Waals surface area (Å²) in [5, 5.41) is 16.3. The lowest BCUT2D eigenvalue weighted by Gasteiger charge is -2.19. The minimum absolute atomic E-state index is 0.0370. The highest BCUT2D eigenvalue weighted by Crippen LogP contribution is 2.39. The van der Waals surface area contributed by atoms with E-state index in [-0.39, 0.29) is 16.4 Å². The first-order valence-corrected chi connectivity index (χ1v) is 10.7. The first-order chi connectivity index (χ1) is 13.2. The molecule has 1 heterocycles. The normalized spacial score (nSPS) is 16.0. The number of fused-ring (bicyclic) bond motifs is 1. The van der Waals surface area contributed by atoms with Crippen LogP contribution in [-0.2, 0) is 18.3 Å². The van der Waals surface area contributed by atoms with E-state index in [1.807, 2.05) is 24.3 Å². The Kier molecular flexibility index (Phi) is 5.87. The molecular weight excluding hydrogens is 386 g/mol. The van der Waals surface area contributed by atoms with Gasteiger partial charge in [-0.15, -0.1) is 11.3 Å². The second-order valence-electron chi connectivity index (χ2n) is 8.40. The van der Waals surface area contributed by atoms with Crippen LogP contribution in [0.25, 0.3) is 0 Å². The second-order valence-corrected chi connectivity index (χ2v) is 9.92. The number of thiophene rings is 1. The van der Waals surface area contributed by atoms with Crippen LogP contribution >= 0.6 is 23.6 Å². The molecule has 0 fully saturated rings. The molecule has 2 aromatic rings. The molecule has 0 saturated carbocycles.